The van der Waals surface area contributed by atoms with Crippen LogP contribution in [0, 0.1) is 0 Å². The van der Waals surface area contributed by atoms with Crippen molar-refractivity contribution in [2.24, 2.45) is 0 Å². The van der Waals surface area contributed by atoms with E-state index in [1.54, 1.807) is 24.3 Å². The third-order valence-electron chi connectivity index (χ3n) is 2.24. The van der Waals surface area contributed by atoms with Crippen molar-refractivity contribution in [3.8, 4) is 0 Å². The molecule has 0 aliphatic carbocycles. The molecule has 0 spiro atoms. The van der Waals surface area contributed by atoms with E-state index in [1.165, 1.54) is 0 Å². The monoisotopic (exact) mass is 246 g/mol. The molecule has 3 nitrogen and oxygen atoms in total. The Hall–Kier alpha value is -0.624. The summed E-state index contributed by atoms with van der Waals surface area (Å²) in [7, 11) is -2.46. The number of hydrogen-bond acceptors (Lipinski definition) is 3. The molecule has 0 saturated carbocycles. The normalized spacial score (nSPS) is 11.1. The van der Waals surface area contributed by atoms with Gasteiger partial charge in [0.15, 0.2) is 0 Å². The number of fused-ring (bicyclic) bond motifs is 1. The van der Waals surface area contributed by atoms with E-state index in [9.17, 15) is 8.42 Å². The fourth-order valence-electron chi connectivity index (χ4n) is 1.50. The molecule has 0 N–H and O–H groups in total. The molecule has 16 heavy (non-hydrogen) atoms. The molecule has 0 fully saturated rings. The first kappa shape index (κ1) is 13.4. The highest BCUT2D eigenvalue weighted by molar-refractivity contribution is 7.87. The van der Waals surface area contributed by atoms with Crippen LogP contribution in [-0.2, 0) is 14.3 Å². The summed E-state index contributed by atoms with van der Waals surface area (Å²) in [5.41, 5.74) is 0. The number of hydrogen-bond donors (Lipinski definition) is 0. The van der Waals surface area contributed by atoms with Crippen molar-refractivity contribution >= 4 is 43.9 Å². The molecule has 0 amide bonds. The van der Waals surface area contributed by atoms with Crippen LogP contribution in [0.15, 0.2) is 47.4 Å². The Kier molecular flexibility index (Phi) is 4.32. The summed E-state index contributed by atoms with van der Waals surface area (Å²) in [5.74, 6) is 0. The fraction of sp³-hybridized carbons (Fsp3) is 0.0909. The summed E-state index contributed by atoms with van der Waals surface area (Å²) in [5, 5.41) is 1.57. The van der Waals surface area contributed by atoms with Gasteiger partial charge in [0.25, 0.3) is 10.1 Å². The Morgan fingerprint density at radius 3 is 2.31 bits per heavy atom. The molecule has 0 aromatic heterocycles. The molecule has 0 bridgehead atoms. The maximum Gasteiger partial charge on any atom is 0.297 e. The average molecular weight is 247 g/mol. The van der Waals surface area contributed by atoms with Crippen molar-refractivity contribution in [2.45, 2.75) is 4.90 Å². The molecule has 2 rings (SSSR count). The van der Waals surface area contributed by atoms with Crippen LogP contribution in [0.2, 0.25) is 0 Å². The van der Waals surface area contributed by atoms with Gasteiger partial charge >= 0.3 is 0 Å². The molecular weight excluding hydrogens is 236 g/mol. The predicted octanol–water partition coefficient (Wildman–Crippen LogP) is 1.79. The number of rotatable bonds is 2. The van der Waals surface area contributed by atoms with Gasteiger partial charge < -0.3 is 0 Å². The van der Waals surface area contributed by atoms with Gasteiger partial charge in [-0.1, -0.05) is 36.4 Å². The first-order valence-corrected chi connectivity index (χ1v) is 5.84. The van der Waals surface area contributed by atoms with Crippen LogP contribution in [0.3, 0.4) is 0 Å². The lowest BCUT2D eigenvalue weighted by Crippen LogP contribution is -2.03. The predicted molar refractivity (Wildman–Crippen MR) is 63.9 cm³/mol. The first-order valence-electron chi connectivity index (χ1n) is 4.43. The molecule has 5 heteroatoms. The van der Waals surface area contributed by atoms with Gasteiger partial charge in [-0.2, -0.15) is 8.42 Å². The fourth-order valence-corrected chi connectivity index (χ4v) is 2.38. The van der Waals surface area contributed by atoms with Crippen LogP contribution in [0.5, 0.6) is 0 Å². The van der Waals surface area contributed by atoms with Crippen molar-refractivity contribution in [3.05, 3.63) is 42.5 Å². The largest absolute Gasteiger partial charge is 0.297 e. The molecule has 80 valence electrons. The van der Waals surface area contributed by atoms with Gasteiger partial charge in [0.2, 0.25) is 0 Å². The Bertz CT molecular complexity index is 588. The standard InChI is InChI=1S/C11H10O3S.Mg/c1-14-15(12,13)11-8-4-6-9-5-2-3-7-10(9)11;/h2-8H,1H3;. The van der Waals surface area contributed by atoms with Gasteiger partial charge in [0, 0.05) is 28.4 Å². The summed E-state index contributed by atoms with van der Waals surface area (Å²) >= 11 is 0. The summed E-state index contributed by atoms with van der Waals surface area (Å²) in [6, 6.07) is 12.4. The van der Waals surface area contributed by atoms with Crippen molar-refractivity contribution in [2.75, 3.05) is 7.11 Å². The molecule has 2 aromatic carbocycles. The van der Waals surface area contributed by atoms with Crippen LogP contribution in [0.1, 0.15) is 0 Å². The zero-order chi connectivity index (χ0) is 10.9. The molecule has 0 saturated heterocycles. The molecule has 0 atom stereocenters. The Balaban J connectivity index is 0.00000128. The maximum absolute atomic E-state index is 11.6. The van der Waals surface area contributed by atoms with Crippen molar-refractivity contribution in [1.82, 2.24) is 0 Å². The maximum atomic E-state index is 11.6. The molecular formula is C11H10MgO3S. The van der Waals surface area contributed by atoms with Crippen molar-refractivity contribution < 1.29 is 12.6 Å². The minimum atomic E-state index is -3.62. The second-order valence-electron chi connectivity index (χ2n) is 3.10. The first-order chi connectivity index (χ1) is 7.15. The zero-order valence-corrected chi connectivity index (χ0v) is 11.1. The summed E-state index contributed by atoms with van der Waals surface area (Å²) in [4.78, 5) is 0.211. The summed E-state index contributed by atoms with van der Waals surface area (Å²) in [6.07, 6.45) is 0. The van der Waals surface area contributed by atoms with Crippen LogP contribution in [-0.4, -0.2) is 38.6 Å². The summed E-state index contributed by atoms with van der Waals surface area (Å²) in [6.45, 7) is 0. The average Bonchev–Trinajstić information content (AvgIpc) is 2.28. The highest BCUT2D eigenvalue weighted by Gasteiger charge is 2.15. The number of benzene rings is 2. The molecule has 0 aliphatic heterocycles. The Morgan fingerprint density at radius 2 is 1.62 bits per heavy atom. The van der Waals surface area contributed by atoms with Gasteiger partial charge in [-0.3, -0.25) is 4.18 Å². The molecule has 2 aromatic rings. The SMILES string of the molecule is COS(=O)(=O)c1cccc2ccccc12.[Mg]. The highest BCUT2D eigenvalue weighted by Crippen LogP contribution is 2.23. The molecule has 0 heterocycles. The van der Waals surface area contributed by atoms with E-state index in [-0.39, 0.29) is 27.9 Å². The van der Waals surface area contributed by atoms with E-state index in [2.05, 4.69) is 4.18 Å². The van der Waals surface area contributed by atoms with Crippen molar-refractivity contribution in [3.63, 3.8) is 0 Å². The van der Waals surface area contributed by atoms with Crippen LogP contribution < -0.4 is 0 Å². The van der Waals surface area contributed by atoms with E-state index < -0.39 is 10.1 Å². The highest BCUT2D eigenvalue weighted by atomic mass is 32.2. The van der Waals surface area contributed by atoms with Crippen LogP contribution >= 0.6 is 0 Å². The van der Waals surface area contributed by atoms with Gasteiger partial charge in [-0.05, 0) is 11.5 Å². The minimum Gasteiger partial charge on any atom is -0.270 e. The third-order valence-corrected chi connectivity index (χ3v) is 3.57. The van der Waals surface area contributed by atoms with E-state index >= 15 is 0 Å². The summed E-state index contributed by atoms with van der Waals surface area (Å²) < 4.78 is 27.7. The van der Waals surface area contributed by atoms with Crippen molar-refractivity contribution in [1.29, 1.82) is 0 Å². The Morgan fingerprint density at radius 1 is 1.00 bits per heavy atom. The molecule has 0 aliphatic rings. The third kappa shape index (κ3) is 2.37. The van der Waals surface area contributed by atoms with Crippen LogP contribution in [0.25, 0.3) is 10.8 Å². The second kappa shape index (κ2) is 5.14. The van der Waals surface area contributed by atoms with E-state index in [0.717, 1.165) is 12.5 Å². The van der Waals surface area contributed by atoms with E-state index in [4.69, 9.17) is 0 Å². The smallest absolute Gasteiger partial charge is 0.270 e. The quantitative estimate of drug-likeness (QED) is 0.599. The van der Waals surface area contributed by atoms with Gasteiger partial charge in [-0.25, -0.2) is 0 Å². The van der Waals surface area contributed by atoms with Gasteiger partial charge in [0.05, 0.1) is 7.11 Å². The van der Waals surface area contributed by atoms with Gasteiger partial charge in [-0.15, -0.1) is 0 Å². The molecule has 0 unspecified atom stereocenters. The minimum absolute atomic E-state index is 0. The lowest BCUT2D eigenvalue weighted by Gasteiger charge is -2.05. The lowest BCUT2D eigenvalue weighted by molar-refractivity contribution is 0.398. The van der Waals surface area contributed by atoms with E-state index in [0.29, 0.717) is 5.39 Å². The topological polar surface area (TPSA) is 43.4 Å². The lowest BCUT2D eigenvalue weighted by atomic mass is 10.1. The van der Waals surface area contributed by atoms with E-state index in [1.807, 2.05) is 18.2 Å². The zero-order valence-electron chi connectivity index (χ0n) is 8.88. The van der Waals surface area contributed by atoms with Gasteiger partial charge in [0.1, 0.15) is 4.90 Å². The second-order valence-corrected chi connectivity index (χ2v) is 4.78. The molecule has 2 radical (unpaired) electrons. The Labute approximate surface area is 111 Å². The van der Waals surface area contributed by atoms with Crippen LogP contribution in [0.4, 0.5) is 0 Å².